The van der Waals surface area contributed by atoms with Gasteiger partial charge in [0.15, 0.2) is 11.6 Å². The molecule has 2 aromatic heterocycles. The van der Waals surface area contributed by atoms with E-state index < -0.39 is 0 Å². The molecule has 3 aliphatic rings. The Bertz CT molecular complexity index is 1360. The van der Waals surface area contributed by atoms with Gasteiger partial charge >= 0.3 is 0 Å². The number of nitrogens with one attached hydrogen (secondary N) is 2. The molecule has 10 heteroatoms. The lowest BCUT2D eigenvalue weighted by atomic mass is 9.89. The molecule has 2 fully saturated rings. The summed E-state index contributed by atoms with van der Waals surface area (Å²) in [4.78, 5) is 24.9. The highest BCUT2D eigenvalue weighted by Gasteiger charge is 2.28. The number of anilines is 2. The number of aryl methyl sites for hydroxylation is 2. The summed E-state index contributed by atoms with van der Waals surface area (Å²) >= 11 is 0. The van der Waals surface area contributed by atoms with E-state index in [2.05, 4.69) is 32.8 Å². The number of carbonyl (C=O) groups excluding carboxylic acids is 1. The number of benzene rings is 1. The summed E-state index contributed by atoms with van der Waals surface area (Å²) in [7, 11) is 1.92. The van der Waals surface area contributed by atoms with Crippen LogP contribution in [0.15, 0.2) is 24.3 Å². The molecule has 40 heavy (non-hydrogen) atoms. The highest BCUT2D eigenvalue weighted by Crippen LogP contribution is 2.36. The van der Waals surface area contributed by atoms with Crippen molar-refractivity contribution in [1.29, 1.82) is 0 Å². The van der Waals surface area contributed by atoms with Gasteiger partial charge in [-0.15, -0.1) is 0 Å². The van der Waals surface area contributed by atoms with Crippen molar-refractivity contribution >= 4 is 17.7 Å². The van der Waals surface area contributed by atoms with Crippen LogP contribution < -0.4 is 20.3 Å². The fraction of sp³-hybridized carbons (Fsp3) is 0.533. The quantitative estimate of drug-likeness (QED) is 0.463. The fourth-order valence-electron chi connectivity index (χ4n) is 5.99. The molecule has 0 saturated carbocycles. The molecule has 2 saturated heterocycles. The molecule has 6 rings (SSSR count). The first-order valence-corrected chi connectivity index (χ1v) is 14.5. The van der Waals surface area contributed by atoms with Crippen molar-refractivity contribution in [3.63, 3.8) is 0 Å². The van der Waals surface area contributed by atoms with E-state index >= 15 is 0 Å². The maximum atomic E-state index is 12.8. The Morgan fingerprint density at radius 1 is 1.02 bits per heavy atom. The topological polar surface area (TPSA) is 106 Å². The second kappa shape index (κ2) is 11.4. The third-order valence-electron chi connectivity index (χ3n) is 8.58. The summed E-state index contributed by atoms with van der Waals surface area (Å²) in [6.07, 6.45) is 4.81. The minimum atomic E-state index is -0.0630. The molecular formula is C30H39N7O3. The van der Waals surface area contributed by atoms with Gasteiger partial charge in [-0.1, -0.05) is 12.1 Å². The van der Waals surface area contributed by atoms with Gasteiger partial charge in [-0.25, -0.2) is 4.98 Å². The second-order valence-corrected chi connectivity index (χ2v) is 11.1. The minimum Gasteiger partial charge on any atom is -0.487 e. The Hall–Kier alpha value is -3.66. The summed E-state index contributed by atoms with van der Waals surface area (Å²) in [5, 5.41) is 11.1. The van der Waals surface area contributed by atoms with Gasteiger partial charge in [-0.2, -0.15) is 10.1 Å². The molecule has 0 bridgehead atoms. The lowest BCUT2D eigenvalue weighted by Gasteiger charge is -2.33. The van der Waals surface area contributed by atoms with Crippen molar-refractivity contribution in [2.75, 3.05) is 43.1 Å². The lowest BCUT2D eigenvalue weighted by molar-refractivity contribution is 0.0903. The van der Waals surface area contributed by atoms with E-state index in [4.69, 9.17) is 19.4 Å². The van der Waals surface area contributed by atoms with Crippen LogP contribution in [0.3, 0.4) is 0 Å². The zero-order valence-corrected chi connectivity index (χ0v) is 23.7. The molecule has 0 radical (unpaired) electrons. The molecule has 1 aromatic carbocycles. The van der Waals surface area contributed by atoms with Gasteiger partial charge in [-0.05, 0) is 63.1 Å². The maximum Gasteiger partial charge on any atom is 0.251 e. The molecule has 5 heterocycles. The summed E-state index contributed by atoms with van der Waals surface area (Å²) < 4.78 is 13.3. The van der Waals surface area contributed by atoms with E-state index in [9.17, 15) is 4.79 Å². The molecule has 2 N–H and O–H groups in total. The fourth-order valence-corrected chi connectivity index (χ4v) is 5.99. The Morgan fingerprint density at radius 2 is 1.77 bits per heavy atom. The van der Waals surface area contributed by atoms with E-state index in [1.165, 1.54) is 5.56 Å². The number of hydrogen-bond acceptors (Lipinski definition) is 8. The third-order valence-corrected chi connectivity index (χ3v) is 8.58. The van der Waals surface area contributed by atoms with E-state index in [0.29, 0.717) is 30.7 Å². The molecule has 0 atom stereocenters. The summed E-state index contributed by atoms with van der Waals surface area (Å²) in [6.45, 7) is 8.49. The van der Waals surface area contributed by atoms with Crippen molar-refractivity contribution in [2.24, 2.45) is 7.05 Å². The first kappa shape index (κ1) is 26.6. The van der Waals surface area contributed by atoms with Gasteiger partial charge in [0, 0.05) is 69.2 Å². The van der Waals surface area contributed by atoms with E-state index in [0.717, 1.165) is 98.6 Å². The number of amides is 1. The normalized spacial score (nSPS) is 17.9. The third kappa shape index (κ3) is 5.50. The largest absolute Gasteiger partial charge is 0.487 e. The smallest absolute Gasteiger partial charge is 0.251 e. The summed E-state index contributed by atoms with van der Waals surface area (Å²) in [5.41, 5.74) is 6.06. The standard InChI is InChI=1S/C30H39N7O3/c1-19-25(20(2)36(3)35-19)18-31-29(38)23-6-4-21(5-7-23)22-8-13-37(14-9-22)30-33-26-12-17-40-27(26)28(34-30)32-24-10-15-39-16-11-24/h4-7,22,24H,8-18H2,1-3H3,(H,31,38)(H,32,33,34). The zero-order valence-electron chi connectivity index (χ0n) is 23.7. The Labute approximate surface area is 235 Å². The molecule has 3 aromatic rings. The number of piperidine rings is 1. The van der Waals surface area contributed by atoms with Gasteiger partial charge in [0.1, 0.15) is 0 Å². The Balaban J connectivity index is 1.06. The number of hydrogen-bond donors (Lipinski definition) is 2. The van der Waals surface area contributed by atoms with Gasteiger partial charge in [0.2, 0.25) is 5.95 Å². The molecule has 1 amide bonds. The summed E-state index contributed by atoms with van der Waals surface area (Å²) in [5.74, 6) is 2.83. The van der Waals surface area contributed by atoms with Crippen LogP contribution in [0.4, 0.5) is 11.8 Å². The number of nitrogens with zero attached hydrogens (tertiary/aromatic N) is 5. The minimum absolute atomic E-state index is 0.0630. The Kier molecular flexibility index (Phi) is 7.60. The zero-order chi connectivity index (χ0) is 27.6. The molecule has 212 valence electrons. The average molecular weight is 546 g/mol. The van der Waals surface area contributed by atoms with Gasteiger partial charge < -0.3 is 25.0 Å². The predicted molar refractivity (Wildman–Crippen MR) is 153 cm³/mol. The number of carbonyl (C=O) groups is 1. The predicted octanol–water partition coefficient (Wildman–Crippen LogP) is 3.67. The molecular weight excluding hydrogens is 506 g/mol. The molecule has 0 spiro atoms. The van der Waals surface area contributed by atoms with Crippen LogP contribution in [-0.2, 0) is 24.8 Å². The highest BCUT2D eigenvalue weighted by molar-refractivity contribution is 5.94. The van der Waals surface area contributed by atoms with Crippen LogP contribution in [0, 0.1) is 13.8 Å². The highest BCUT2D eigenvalue weighted by atomic mass is 16.5. The average Bonchev–Trinajstić information content (AvgIpc) is 3.56. The van der Waals surface area contributed by atoms with Crippen molar-refractivity contribution in [3.05, 3.63) is 58.0 Å². The van der Waals surface area contributed by atoms with Crippen LogP contribution in [0.1, 0.15) is 70.2 Å². The number of fused-ring (bicyclic) bond motifs is 1. The molecule has 0 aliphatic carbocycles. The number of ether oxygens (including phenoxy) is 2. The van der Waals surface area contributed by atoms with Crippen molar-refractivity contribution < 1.29 is 14.3 Å². The van der Waals surface area contributed by atoms with Crippen LogP contribution in [0.2, 0.25) is 0 Å². The second-order valence-electron chi connectivity index (χ2n) is 11.1. The molecule has 0 unspecified atom stereocenters. The van der Waals surface area contributed by atoms with Crippen molar-refractivity contribution in [1.82, 2.24) is 25.1 Å². The van der Waals surface area contributed by atoms with Gasteiger partial charge in [0.25, 0.3) is 5.91 Å². The maximum absolute atomic E-state index is 12.8. The van der Waals surface area contributed by atoms with Gasteiger partial charge in [0.05, 0.1) is 18.0 Å². The van der Waals surface area contributed by atoms with Crippen LogP contribution in [0.5, 0.6) is 5.75 Å². The van der Waals surface area contributed by atoms with Crippen LogP contribution in [-0.4, -0.2) is 64.6 Å². The number of aromatic nitrogens is 4. The summed E-state index contributed by atoms with van der Waals surface area (Å²) in [6, 6.07) is 8.45. The first-order chi connectivity index (χ1) is 19.5. The molecule has 10 nitrogen and oxygen atoms in total. The SMILES string of the molecule is Cc1nn(C)c(C)c1CNC(=O)c1ccc(C2CCN(c3nc4c(c(NC5CCOCC5)n3)OCC4)CC2)cc1. The molecule has 3 aliphatic heterocycles. The van der Waals surface area contributed by atoms with Crippen molar-refractivity contribution in [3.8, 4) is 5.75 Å². The van der Waals surface area contributed by atoms with E-state index in [-0.39, 0.29) is 5.91 Å². The van der Waals surface area contributed by atoms with E-state index in [1.807, 2.05) is 37.7 Å². The van der Waals surface area contributed by atoms with Crippen molar-refractivity contribution in [2.45, 2.75) is 64.5 Å². The number of rotatable bonds is 7. The van der Waals surface area contributed by atoms with E-state index in [1.54, 1.807) is 0 Å². The lowest BCUT2D eigenvalue weighted by Crippen LogP contribution is -2.35. The first-order valence-electron chi connectivity index (χ1n) is 14.5. The van der Waals surface area contributed by atoms with Crippen LogP contribution >= 0.6 is 0 Å². The van der Waals surface area contributed by atoms with Crippen LogP contribution in [0.25, 0.3) is 0 Å². The van der Waals surface area contributed by atoms with Gasteiger partial charge in [-0.3, -0.25) is 9.48 Å². The Morgan fingerprint density at radius 3 is 2.48 bits per heavy atom. The monoisotopic (exact) mass is 545 g/mol.